The number of nitrogens with one attached hydrogen (secondary N) is 1. The van der Waals surface area contributed by atoms with Gasteiger partial charge in [-0.05, 0) is 17.7 Å². The zero-order valence-corrected chi connectivity index (χ0v) is 17.9. The lowest BCUT2D eigenvalue weighted by atomic mass is 10.2. The van der Waals surface area contributed by atoms with Crippen LogP contribution in [0.4, 0.5) is 5.82 Å². The van der Waals surface area contributed by atoms with Crippen molar-refractivity contribution < 1.29 is 13.2 Å². The van der Waals surface area contributed by atoms with E-state index in [1.54, 1.807) is 20.0 Å². The number of sulfonamides is 1. The lowest BCUT2D eigenvalue weighted by molar-refractivity contribution is -0.121. The van der Waals surface area contributed by atoms with Crippen LogP contribution >= 0.6 is 0 Å². The maximum absolute atomic E-state index is 12.6. The summed E-state index contributed by atoms with van der Waals surface area (Å²) in [4.78, 5) is 30.5. The van der Waals surface area contributed by atoms with Crippen LogP contribution in [0.3, 0.4) is 0 Å². The van der Waals surface area contributed by atoms with Crippen molar-refractivity contribution in [2.24, 2.45) is 0 Å². The fraction of sp³-hybridized carbons (Fsp3) is 0.421. The van der Waals surface area contributed by atoms with Crippen molar-refractivity contribution in [3.05, 3.63) is 52.6 Å². The van der Waals surface area contributed by atoms with Crippen LogP contribution in [0.5, 0.6) is 0 Å². The summed E-state index contributed by atoms with van der Waals surface area (Å²) in [6, 6.07) is 6.12. The molecule has 0 aliphatic heterocycles. The quantitative estimate of drug-likeness (QED) is 0.638. The summed E-state index contributed by atoms with van der Waals surface area (Å²) in [6.07, 6.45) is 2.88. The van der Waals surface area contributed by atoms with E-state index in [4.69, 9.17) is 0 Å². The number of pyridine rings is 2. The lowest BCUT2D eigenvalue weighted by Crippen LogP contribution is -2.34. The molecule has 0 spiro atoms. The van der Waals surface area contributed by atoms with Gasteiger partial charge >= 0.3 is 0 Å². The number of anilines is 1. The normalized spacial score (nSPS) is 11.5. The zero-order chi connectivity index (χ0) is 21.6. The third-order valence-electron chi connectivity index (χ3n) is 4.37. The highest BCUT2D eigenvalue weighted by Gasteiger charge is 2.22. The number of carbonyl (C=O) groups is 1. The lowest BCUT2D eigenvalue weighted by Gasteiger charge is -2.19. The summed E-state index contributed by atoms with van der Waals surface area (Å²) >= 11 is 0. The van der Waals surface area contributed by atoms with Crippen LogP contribution in [0.2, 0.25) is 0 Å². The molecule has 0 aromatic carbocycles. The second-order valence-electron chi connectivity index (χ2n) is 6.62. The molecule has 0 aliphatic rings. The van der Waals surface area contributed by atoms with Crippen molar-refractivity contribution in [1.29, 1.82) is 0 Å². The average Bonchev–Trinajstić information content (AvgIpc) is 2.69. The van der Waals surface area contributed by atoms with E-state index in [0.29, 0.717) is 13.1 Å². The Kier molecular flexibility index (Phi) is 7.52. The number of nitrogens with zero attached hydrogens (tertiary/aromatic N) is 4. The van der Waals surface area contributed by atoms with Crippen LogP contribution in [-0.4, -0.2) is 55.4 Å². The van der Waals surface area contributed by atoms with Gasteiger partial charge in [0.15, 0.2) is 0 Å². The van der Waals surface area contributed by atoms with Gasteiger partial charge in [0.25, 0.3) is 5.56 Å². The molecule has 1 N–H and O–H groups in total. The number of carbonyl (C=O) groups excluding carboxylic acids is 1. The summed E-state index contributed by atoms with van der Waals surface area (Å²) in [6.45, 7) is 4.10. The molecule has 9 nitrogen and oxygen atoms in total. The molecule has 0 radical (unpaired) electrons. The third-order valence-corrected chi connectivity index (χ3v) is 6.40. The Hall–Kier alpha value is -2.72. The molecule has 2 aromatic rings. The molecule has 1 amide bonds. The molecule has 0 unspecified atom stereocenters. The van der Waals surface area contributed by atoms with Crippen molar-refractivity contribution in [1.82, 2.24) is 19.2 Å². The molecular weight excluding hydrogens is 394 g/mol. The Morgan fingerprint density at radius 1 is 1.14 bits per heavy atom. The molecule has 0 atom stereocenters. The van der Waals surface area contributed by atoms with E-state index in [-0.39, 0.29) is 18.0 Å². The van der Waals surface area contributed by atoms with E-state index in [1.165, 1.54) is 16.6 Å². The predicted molar refractivity (Wildman–Crippen MR) is 111 cm³/mol. The van der Waals surface area contributed by atoms with E-state index in [1.807, 2.05) is 31.1 Å². The van der Waals surface area contributed by atoms with E-state index in [0.717, 1.165) is 22.0 Å². The van der Waals surface area contributed by atoms with E-state index in [9.17, 15) is 18.0 Å². The number of amides is 1. The van der Waals surface area contributed by atoms with Crippen molar-refractivity contribution in [3.63, 3.8) is 0 Å². The zero-order valence-electron chi connectivity index (χ0n) is 17.1. The van der Waals surface area contributed by atoms with Crippen LogP contribution in [0.1, 0.15) is 19.4 Å². The van der Waals surface area contributed by atoms with E-state index in [2.05, 4.69) is 10.3 Å². The molecular formula is C19H27N5O4S. The van der Waals surface area contributed by atoms with Crippen LogP contribution in [-0.2, 0) is 27.9 Å². The first kappa shape index (κ1) is 22.6. The second-order valence-corrected chi connectivity index (χ2v) is 8.55. The first-order chi connectivity index (χ1) is 13.7. The Morgan fingerprint density at radius 3 is 2.38 bits per heavy atom. The van der Waals surface area contributed by atoms with Crippen LogP contribution in [0.25, 0.3) is 0 Å². The molecule has 29 heavy (non-hydrogen) atoms. The molecule has 0 saturated carbocycles. The van der Waals surface area contributed by atoms with Gasteiger partial charge in [-0.25, -0.2) is 13.4 Å². The minimum absolute atomic E-state index is 0.0166. The average molecular weight is 422 g/mol. The summed E-state index contributed by atoms with van der Waals surface area (Å²) in [7, 11) is 0.0570. The molecule has 0 fully saturated rings. The second kappa shape index (κ2) is 9.66. The maximum atomic E-state index is 12.6. The summed E-state index contributed by atoms with van der Waals surface area (Å²) in [5.74, 6) is 0.402. The highest BCUT2D eigenvalue weighted by atomic mass is 32.2. The molecule has 0 aliphatic carbocycles. The van der Waals surface area contributed by atoms with Crippen molar-refractivity contribution in [2.75, 3.05) is 32.1 Å². The first-order valence-corrected chi connectivity index (χ1v) is 10.7. The molecule has 2 heterocycles. The minimum atomic E-state index is -3.71. The molecule has 2 rings (SSSR count). The number of rotatable bonds is 9. The highest BCUT2D eigenvalue weighted by Crippen LogP contribution is 2.13. The van der Waals surface area contributed by atoms with Crippen molar-refractivity contribution in [2.45, 2.75) is 31.8 Å². The van der Waals surface area contributed by atoms with Gasteiger partial charge in [-0.15, -0.1) is 0 Å². The number of aromatic nitrogens is 2. The third kappa shape index (κ3) is 5.64. The highest BCUT2D eigenvalue weighted by molar-refractivity contribution is 7.89. The summed E-state index contributed by atoms with van der Waals surface area (Å²) < 4.78 is 27.6. The Morgan fingerprint density at radius 2 is 1.83 bits per heavy atom. The monoisotopic (exact) mass is 421 g/mol. The van der Waals surface area contributed by atoms with Gasteiger partial charge in [0, 0.05) is 52.2 Å². The van der Waals surface area contributed by atoms with Gasteiger partial charge in [0.2, 0.25) is 15.9 Å². The van der Waals surface area contributed by atoms with Gasteiger partial charge in [0.1, 0.15) is 12.4 Å². The Labute approximate surface area is 171 Å². The standard InChI is InChI=1S/C19H27N5O4S/c1-5-24(6-2)29(27,28)16-8-10-19(26)23(13-16)14-18(25)21-12-15-7-9-17(20-11-15)22(3)4/h7-11,13H,5-6,12,14H2,1-4H3,(H,21,25). The number of hydrogen-bond donors (Lipinski definition) is 1. The fourth-order valence-electron chi connectivity index (χ4n) is 2.70. The predicted octanol–water partition coefficient (Wildman–Crippen LogP) is 0.656. The minimum Gasteiger partial charge on any atom is -0.363 e. The van der Waals surface area contributed by atoms with Crippen molar-refractivity contribution in [3.8, 4) is 0 Å². The van der Waals surface area contributed by atoms with E-state index < -0.39 is 21.5 Å². The van der Waals surface area contributed by atoms with Gasteiger partial charge in [-0.2, -0.15) is 4.31 Å². The molecule has 0 saturated heterocycles. The number of hydrogen-bond acceptors (Lipinski definition) is 6. The SMILES string of the molecule is CCN(CC)S(=O)(=O)c1ccc(=O)n(CC(=O)NCc2ccc(N(C)C)nc2)c1. The van der Waals surface area contributed by atoms with Crippen LogP contribution in [0.15, 0.2) is 46.3 Å². The molecule has 0 bridgehead atoms. The van der Waals surface area contributed by atoms with Gasteiger partial charge in [-0.3, -0.25) is 9.59 Å². The van der Waals surface area contributed by atoms with Crippen LogP contribution in [0, 0.1) is 0 Å². The summed E-state index contributed by atoms with van der Waals surface area (Å²) in [5, 5.41) is 2.71. The smallest absolute Gasteiger partial charge is 0.251 e. The molecule has 2 aromatic heterocycles. The van der Waals surface area contributed by atoms with Gasteiger partial charge in [-0.1, -0.05) is 19.9 Å². The summed E-state index contributed by atoms with van der Waals surface area (Å²) in [5.41, 5.74) is 0.366. The Bertz CT molecular complexity index is 996. The Balaban J connectivity index is 2.09. The topological polar surface area (TPSA) is 105 Å². The molecule has 158 valence electrons. The van der Waals surface area contributed by atoms with Crippen LogP contribution < -0.4 is 15.8 Å². The fourth-order valence-corrected chi connectivity index (χ4v) is 4.17. The first-order valence-electron chi connectivity index (χ1n) is 9.28. The van der Waals surface area contributed by atoms with Gasteiger partial charge < -0.3 is 14.8 Å². The van der Waals surface area contributed by atoms with E-state index >= 15 is 0 Å². The van der Waals surface area contributed by atoms with Gasteiger partial charge in [0.05, 0.1) is 4.90 Å². The van der Waals surface area contributed by atoms with Crippen molar-refractivity contribution >= 4 is 21.7 Å². The maximum Gasteiger partial charge on any atom is 0.251 e. The largest absolute Gasteiger partial charge is 0.363 e. The molecule has 10 heteroatoms.